The van der Waals surface area contributed by atoms with Crippen molar-refractivity contribution in [3.8, 4) is 0 Å². The first-order chi connectivity index (χ1) is 5.27. The lowest BCUT2D eigenvalue weighted by atomic mass is 10.2. The fourth-order valence-electron chi connectivity index (χ4n) is 0.935. The molecule has 0 radical (unpaired) electrons. The van der Waals surface area contributed by atoms with Crippen molar-refractivity contribution in [3.63, 3.8) is 0 Å². The average molecular weight is 267 g/mol. The SMILES string of the molecule is CC=CCCCCCN(C)I. The largest absolute Gasteiger partial charge is 0.251 e. The van der Waals surface area contributed by atoms with Crippen molar-refractivity contribution in [1.29, 1.82) is 0 Å². The lowest BCUT2D eigenvalue weighted by molar-refractivity contribution is 0.550. The molecule has 0 amide bonds. The number of nitrogens with zero attached hydrogens (tertiary/aromatic N) is 1. The van der Waals surface area contributed by atoms with Crippen LogP contribution >= 0.6 is 22.9 Å². The summed E-state index contributed by atoms with van der Waals surface area (Å²) in [5, 5.41) is 0. The first-order valence-corrected chi connectivity index (χ1v) is 5.22. The van der Waals surface area contributed by atoms with E-state index in [0.29, 0.717) is 0 Å². The van der Waals surface area contributed by atoms with Crippen LogP contribution in [0.15, 0.2) is 12.2 Å². The van der Waals surface area contributed by atoms with Crippen molar-refractivity contribution in [2.75, 3.05) is 13.6 Å². The first kappa shape index (κ1) is 11.4. The zero-order valence-electron chi connectivity index (χ0n) is 7.52. The van der Waals surface area contributed by atoms with Gasteiger partial charge in [0.1, 0.15) is 0 Å². The summed E-state index contributed by atoms with van der Waals surface area (Å²) in [5.74, 6) is 0. The van der Waals surface area contributed by atoms with Crippen LogP contribution in [-0.4, -0.2) is 16.7 Å². The molecule has 0 saturated heterocycles. The van der Waals surface area contributed by atoms with E-state index in [1.165, 1.54) is 32.2 Å². The fourth-order valence-corrected chi connectivity index (χ4v) is 1.28. The van der Waals surface area contributed by atoms with E-state index in [4.69, 9.17) is 0 Å². The smallest absolute Gasteiger partial charge is 0.0198 e. The van der Waals surface area contributed by atoms with E-state index in [1.807, 2.05) is 0 Å². The van der Waals surface area contributed by atoms with Crippen LogP contribution < -0.4 is 0 Å². The molecule has 0 heterocycles. The third-order valence-corrected chi connectivity index (χ3v) is 2.06. The highest BCUT2D eigenvalue weighted by Crippen LogP contribution is 2.03. The molecule has 1 nitrogen and oxygen atoms in total. The molecule has 0 aliphatic rings. The molecule has 0 fully saturated rings. The molecule has 2 heteroatoms. The molecule has 0 bridgehead atoms. The summed E-state index contributed by atoms with van der Waals surface area (Å²) in [7, 11) is 2.12. The minimum atomic E-state index is 1.22. The van der Waals surface area contributed by atoms with Gasteiger partial charge in [-0.15, -0.1) is 0 Å². The number of unbranched alkanes of at least 4 members (excludes halogenated alkanes) is 3. The highest BCUT2D eigenvalue weighted by molar-refractivity contribution is 14.1. The minimum Gasteiger partial charge on any atom is -0.251 e. The Bertz CT molecular complexity index is 99.7. The Labute approximate surface area is 84.3 Å². The van der Waals surface area contributed by atoms with E-state index in [1.54, 1.807) is 0 Å². The molecular weight excluding hydrogens is 249 g/mol. The second-order valence-electron chi connectivity index (χ2n) is 2.75. The first-order valence-electron chi connectivity index (χ1n) is 4.25. The van der Waals surface area contributed by atoms with E-state index in [9.17, 15) is 0 Å². The number of halogens is 1. The Morgan fingerprint density at radius 3 is 2.55 bits per heavy atom. The predicted molar refractivity (Wildman–Crippen MR) is 59.9 cm³/mol. The molecule has 0 atom stereocenters. The van der Waals surface area contributed by atoms with Crippen molar-refractivity contribution in [2.45, 2.75) is 32.6 Å². The van der Waals surface area contributed by atoms with Crippen LogP contribution in [0.4, 0.5) is 0 Å². The standard InChI is InChI=1S/C9H18IN/c1-3-4-5-6-7-8-9-11(2)10/h3-4H,5-9H2,1-2H3. The fraction of sp³-hybridized carbons (Fsp3) is 0.778. The van der Waals surface area contributed by atoms with Crippen molar-refractivity contribution >= 4 is 22.9 Å². The number of allylic oxidation sites excluding steroid dienone is 2. The quantitative estimate of drug-likeness (QED) is 0.308. The number of hydrogen-bond acceptors (Lipinski definition) is 1. The van der Waals surface area contributed by atoms with Gasteiger partial charge in [-0.2, -0.15) is 0 Å². The van der Waals surface area contributed by atoms with Gasteiger partial charge in [0.05, 0.1) is 0 Å². The molecule has 0 rings (SSSR count). The zero-order valence-corrected chi connectivity index (χ0v) is 9.67. The van der Waals surface area contributed by atoms with Gasteiger partial charge in [0.15, 0.2) is 0 Å². The van der Waals surface area contributed by atoms with Crippen LogP contribution in [0.25, 0.3) is 0 Å². The maximum Gasteiger partial charge on any atom is 0.0198 e. The summed E-state index contributed by atoms with van der Waals surface area (Å²) in [6, 6.07) is 0. The normalized spacial score (nSPS) is 11.6. The number of rotatable bonds is 6. The van der Waals surface area contributed by atoms with E-state index < -0.39 is 0 Å². The maximum absolute atomic E-state index is 2.33. The van der Waals surface area contributed by atoms with Crippen molar-refractivity contribution in [1.82, 2.24) is 3.11 Å². The number of hydrogen-bond donors (Lipinski definition) is 0. The Morgan fingerprint density at radius 1 is 1.27 bits per heavy atom. The third kappa shape index (κ3) is 10.4. The molecule has 11 heavy (non-hydrogen) atoms. The third-order valence-electron chi connectivity index (χ3n) is 1.57. The molecule has 0 aliphatic heterocycles. The van der Waals surface area contributed by atoms with Gasteiger partial charge in [-0.1, -0.05) is 18.6 Å². The molecule has 0 unspecified atom stereocenters. The molecule has 0 saturated carbocycles. The van der Waals surface area contributed by atoms with Crippen LogP contribution in [-0.2, 0) is 0 Å². The van der Waals surface area contributed by atoms with Gasteiger partial charge < -0.3 is 0 Å². The van der Waals surface area contributed by atoms with Crippen molar-refractivity contribution < 1.29 is 0 Å². The van der Waals surface area contributed by atoms with Crippen LogP contribution in [0.5, 0.6) is 0 Å². The Balaban J connectivity index is 2.91. The molecular formula is C9H18IN. The molecule has 0 N–H and O–H groups in total. The van der Waals surface area contributed by atoms with Gasteiger partial charge in [0.2, 0.25) is 0 Å². The summed E-state index contributed by atoms with van der Waals surface area (Å²) < 4.78 is 2.22. The van der Waals surface area contributed by atoms with Gasteiger partial charge in [0, 0.05) is 29.4 Å². The average Bonchev–Trinajstić information content (AvgIpc) is 1.96. The van der Waals surface area contributed by atoms with Gasteiger partial charge >= 0.3 is 0 Å². The maximum atomic E-state index is 2.33. The lowest BCUT2D eigenvalue weighted by Crippen LogP contribution is -2.04. The molecule has 0 aromatic rings. The zero-order chi connectivity index (χ0) is 8.53. The molecule has 0 aromatic heterocycles. The minimum absolute atomic E-state index is 1.22. The summed E-state index contributed by atoms with van der Waals surface area (Å²) in [6.45, 7) is 3.30. The second kappa shape index (κ2) is 8.53. The Kier molecular flexibility index (Phi) is 8.86. The van der Waals surface area contributed by atoms with E-state index in [-0.39, 0.29) is 0 Å². The summed E-state index contributed by atoms with van der Waals surface area (Å²) in [4.78, 5) is 0. The molecule has 0 aromatic carbocycles. The van der Waals surface area contributed by atoms with Gasteiger partial charge in [-0.3, -0.25) is 3.11 Å². The second-order valence-corrected chi connectivity index (χ2v) is 4.39. The summed E-state index contributed by atoms with van der Waals surface area (Å²) in [5.41, 5.74) is 0. The molecule has 0 spiro atoms. The van der Waals surface area contributed by atoms with Gasteiger partial charge in [-0.05, 0) is 33.2 Å². The predicted octanol–water partition coefficient (Wildman–Crippen LogP) is 3.40. The lowest BCUT2D eigenvalue weighted by Gasteiger charge is -2.05. The van der Waals surface area contributed by atoms with E-state index in [2.05, 4.69) is 52.1 Å². The van der Waals surface area contributed by atoms with Gasteiger partial charge in [-0.25, -0.2) is 0 Å². The van der Waals surface area contributed by atoms with Crippen LogP contribution in [0, 0.1) is 0 Å². The monoisotopic (exact) mass is 267 g/mol. The van der Waals surface area contributed by atoms with Crippen molar-refractivity contribution in [2.24, 2.45) is 0 Å². The highest BCUT2D eigenvalue weighted by atomic mass is 127. The van der Waals surface area contributed by atoms with Crippen molar-refractivity contribution in [3.05, 3.63) is 12.2 Å². The topological polar surface area (TPSA) is 3.24 Å². The van der Waals surface area contributed by atoms with E-state index >= 15 is 0 Å². The molecule has 0 aliphatic carbocycles. The summed E-state index contributed by atoms with van der Waals surface area (Å²) >= 11 is 2.33. The summed E-state index contributed by atoms with van der Waals surface area (Å²) in [6.07, 6.45) is 9.66. The van der Waals surface area contributed by atoms with Gasteiger partial charge in [0.25, 0.3) is 0 Å². The highest BCUT2D eigenvalue weighted by Gasteiger charge is 1.90. The van der Waals surface area contributed by atoms with Crippen LogP contribution in [0.2, 0.25) is 0 Å². The van der Waals surface area contributed by atoms with E-state index in [0.717, 1.165) is 0 Å². The van der Waals surface area contributed by atoms with Crippen LogP contribution in [0.1, 0.15) is 32.6 Å². The Hall–Kier alpha value is 0.430. The van der Waals surface area contributed by atoms with Crippen LogP contribution in [0.3, 0.4) is 0 Å². The Morgan fingerprint density at radius 2 is 2.00 bits per heavy atom. The molecule has 66 valence electrons.